The summed E-state index contributed by atoms with van der Waals surface area (Å²) in [6.07, 6.45) is 0. The van der Waals surface area contributed by atoms with Gasteiger partial charge in [-0.25, -0.2) is 0 Å². The molecule has 0 amide bonds. The topological polar surface area (TPSA) is 37.4 Å². The maximum absolute atomic E-state index is 5.33. The van der Waals surface area contributed by atoms with E-state index >= 15 is 0 Å². The molecule has 0 spiro atoms. The highest BCUT2D eigenvalue weighted by Crippen LogP contribution is 2.31. The molecule has 0 bridgehead atoms. The standard InChI is InChI=1S/C13H19N3OS2/c1-9(10-6-5-7-18-10)14-8-11-12(17-4)15-13(19-11)16(2)3/h5-7,9,14H,8H2,1-4H3/t9-/m0/s1. The van der Waals surface area contributed by atoms with Crippen molar-refractivity contribution in [3.05, 3.63) is 27.3 Å². The summed E-state index contributed by atoms with van der Waals surface area (Å²) >= 11 is 3.43. The van der Waals surface area contributed by atoms with Crippen molar-refractivity contribution >= 4 is 27.8 Å². The van der Waals surface area contributed by atoms with E-state index in [4.69, 9.17) is 4.74 Å². The Bertz CT molecular complexity index is 508. The van der Waals surface area contributed by atoms with Gasteiger partial charge in [-0.3, -0.25) is 0 Å². The molecule has 1 atom stereocenters. The Morgan fingerprint density at radius 2 is 2.26 bits per heavy atom. The maximum Gasteiger partial charge on any atom is 0.230 e. The van der Waals surface area contributed by atoms with Crippen LogP contribution in [-0.2, 0) is 6.54 Å². The number of ether oxygens (including phenoxy) is 1. The summed E-state index contributed by atoms with van der Waals surface area (Å²) in [5.41, 5.74) is 0. The molecular weight excluding hydrogens is 278 g/mol. The molecule has 19 heavy (non-hydrogen) atoms. The van der Waals surface area contributed by atoms with Crippen LogP contribution in [0.2, 0.25) is 0 Å². The Morgan fingerprint density at radius 1 is 1.47 bits per heavy atom. The van der Waals surface area contributed by atoms with E-state index < -0.39 is 0 Å². The lowest BCUT2D eigenvalue weighted by molar-refractivity contribution is 0.393. The number of methoxy groups -OCH3 is 1. The second-order valence-electron chi connectivity index (χ2n) is 4.44. The van der Waals surface area contributed by atoms with Crippen LogP contribution in [0.1, 0.15) is 22.7 Å². The summed E-state index contributed by atoms with van der Waals surface area (Å²) in [6, 6.07) is 4.57. The number of rotatable bonds is 6. The van der Waals surface area contributed by atoms with Gasteiger partial charge in [-0.1, -0.05) is 17.4 Å². The number of aromatic nitrogens is 1. The second-order valence-corrected chi connectivity index (χ2v) is 6.48. The first-order chi connectivity index (χ1) is 9.11. The molecule has 6 heteroatoms. The van der Waals surface area contributed by atoms with Gasteiger partial charge in [-0.2, -0.15) is 4.98 Å². The molecule has 1 N–H and O–H groups in total. The van der Waals surface area contributed by atoms with Crippen molar-refractivity contribution in [2.24, 2.45) is 0 Å². The molecular formula is C13H19N3OS2. The molecule has 0 aliphatic rings. The fraction of sp³-hybridized carbons (Fsp3) is 0.462. The van der Waals surface area contributed by atoms with Crippen LogP contribution in [0, 0.1) is 0 Å². The van der Waals surface area contributed by atoms with Crippen molar-refractivity contribution < 1.29 is 4.74 Å². The number of hydrogen-bond acceptors (Lipinski definition) is 6. The molecule has 0 saturated heterocycles. The molecule has 0 aliphatic heterocycles. The van der Waals surface area contributed by atoms with E-state index in [0.29, 0.717) is 6.04 Å². The monoisotopic (exact) mass is 297 g/mol. The average molecular weight is 297 g/mol. The minimum Gasteiger partial charge on any atom is -0.480 e. The van der Waals surface area contributed by atoms with Crippen molar-refractivity contribution in [1.29, 1.82) is 0 Å². The molecule has 2 aromatic rings. The molecule has 104 valence electrons. The van der Waals surface area contributed by atoms with Gasteiger partial charge in [0.1, 0.15) is 0 Å². The molecule has 2 rings (SSSR count). The first-order valence-corrected chi connectivity index (χ1v) is 7.79. The van der Waals surface area contributed by atoms with Gasteiger partial charge in [0.15, 0.2) is 5.13 Å². The van der Waals surface area contributed by atoms with Gasteiger partial charge >= 0.3 is 0 Å². The summed E-state index contributed by atoms with van der Waals surface area (Å²) in [5, 5.41) is 6.58. The molecule has 0 radical (unpaired) electrons. The summed E-state index contributed by atoms with van der Waals surface area (Å²) in [6.45, 7) is 2.94. The molecule has 4 nitrogen and oxygen atoms in total. The maximum atomic E-state index is 5.33. The van der Waals surface area contributed by atoms with Crippen LogP contribution >= 0.6 is 22.7 Å². The number of thiazole rings is 1. The zero-order valence-electron chi connectivity index (χ0n) is 11.6. The van der Waals surface area contributed by atoms with E-state index in [9.17, 15) is 0 Å². The lowest BCUT2D eigenvalue weighted by Crippen LogP contribution is -2.16. The lowest BCUT2D eigenvalue weighted by Gasteiger charge is -2.11. The lowest BCUT2D eigenvalue weighted by atomic mass is 10.3. The Balaban J connectivity index is 2.02. The minimum atomic E-state index is 0.342. The first-order valence-electron chi connectivity index (χ1n) is 6.09. The molecule has 0 fully saturated rings. The largest absolute Gasteiger partial charge is 0.480 e. The van der Waals surface area contributed by atoms with Crippen molar-refractivity contribution in [1.82, 2.24) is 10.3 Å². The Hall–Kier alpha value is -1.11. The predicted octanol–water partition coefficient (Wildman–Crippen LogP) is 3.13. The van der Waals surface area contributed by atoms with Gasteiger partial charge in [0.2, 0.25) is 5.88 Å². The van der Waals surface area contributed by atoms with Crippen molar-refractivity contribution in [3.63, 3.8) is 0 Å². The fourth-order valence-electron chi connectivity index (χ4n) is 1.67. The number of hydrogen-bond donors (Lipinski definition) is 1. The van der Waals surface area contributed by atoms with Gasteiger partial charge in [0.25, 0.3) is 0 Å². The summed E-state index contributed by atoms with van der Waals surface area (Å²) in [5.74, 6) is 0.722. The van der Waals surface area contributed by atoms with Crippen molar-refractivity contribution in [3.8, 4) is 5.88 Å². The minimum absolute atomic E-state index is 0.342. The molecule has 0 unspecified atom stereocenters. The highest BCUT2D eigenvalue weighted by atomic mass is 32.1. The van der Waals surface area contributed by atoms with E-state index in [1.807, 2.05) is 19.0 Å². The highest BCUT2D eigenvalue weighted by molar-refractivity contribution is 7.15. The molecule has 2 heterocycles. The third kappa shape index (κ3) is 3.46. The zero-order chi connectivity index (χ0) is 13.8. The highest BCUT2D eigenvalue weighted by Gasteiger charge is 2.14. The van der Waals surface area contributed by atoms with E-state index in [2.05, 4.69) is 34.7 Å². The third-order valence-corrected chi connectivity index (χ3v) is 5.02. The van der Waals surface area contributed by atoms with E-state index in [1.54, 1.807) is 29.8 Å². The van der Waals surface area contributed by atoms with Gasteiger partial charge < -0.3 is 15.0 Å². The smallest absolute Gasteiger partial charge is 0.230 e. The molecule has 0 aliphatic carbocycles. The van der Waals surface area contributed by atoms with Crippen LogP contribution in [0.4, 0.5) is 5.13 Å². The van der Waals surface area contributed by atoms with Crippen molar-refractivity contribution in [2.75, 3.05) is 26.1 Å². The van der Waals surface area contributed by atoms with Crippen LogP contribution in [0.15, 0.2) is 17.5 Å². The van der Waals surface area contributed by atoms with Gasteiger partial charge in [0, 0.05) is 31.6 Å². The number of nitrogens with zero attached hydrogens (tertiary/aromatic N) is 2. The number of anilines is 1. The normalized spacial score (nSPS) is 12.4. The summed E-state index contributed by atoms with van der Waals surface area (Å²) in [7, 11) is 5.65. The SMILES string of the molecule is COc1nc(N(C)C)sc1CN[C@@H](C)c1cccs1. The van der Waals surface area contributed by atoms with Crippen LogP contribution in [0.3, 0.4) is 0 Å². The molecule has 2 aromatic heterocycles. The van der Waals surface area contributed by atoms with Crippen LogP contribution in [0.25, 0.3) is 0 Å². The number of thiophene rings is 1. The number of nitrogens with one attached hydrogen (secondary N) is 1. The molecule has 0 saturated carbocycles. The van der Waals surface area contributed by atoms with Gasteiger partial charge in [-0.05, 0) is 18.4 Å². The Labute approximate surface area is 122 Å². The fourth-order valence-corrected chi connectivity index (χ4v) is 3.33. The van der Waals surface area contributed by atoms with E-state index in [-0.39, 0.29) is 0 Å². The third-order valence-electron chi connectivity index (χ3n) is 2.76. The van der Waals surface area contributed by atoms with Gasteiger partial charge in [-0.15, -0.1) is 11.3 Å². The average Bonchev–Trinajstić information content (AvgIpc) is 3.04. The van der Waals surface area contributed by atoms with Crippen LogP contribution < -0.4 is 15.0 Å². The first kappa shape index (κ1) is 14.3. The molecule has 0 aromatic carbocycles. The van der Waals surface area contributed by atoms with Gasteiger partial charge in [0.05, 0.1) is 12.0 Å². The second kappa shape index (κ2) is 6.36. The Morgan fingerprint density at radius 3 is 2.84 bits per heavy atom. The van der Waals surface area contributed by atoms with Crippen LogP contribution in [0.5, 0.6) is 5.88 Å². The summed E-state index contributed by atoms with van der Waals surface area (Å²) in [4.78, 5) is 8.93. The quantitative estimate of drug-likeness (QED) is 0.889. The predicted molar refractivity (Wildman–Crippen MR) is 82.6 cm³/mol. The van der Waals surface area contributed by atoms with E-state index in [1.165, 1.54) is 4.88 Å². The van der Waals surface area contributed by atoms with Crippen molar-refractivity contribution in [2.45, 2.75) is 19.5 Å². The summed E-state index contributed by atoms with van der Waals surface area (Å²) < 4.78 is 5.33. The zero-order valence-corrected chi connectivity index (χ0v) is 13.3. The van der Waals surface area contributed by atoms with E-state index in [0.717, 1.165) is 22.4 Å². The Kier molecular flexibility index (Phi) is 4.79. The van der Waals surface area contributed by atoms with Crippen LogP contribution in [-0.4, -0.2) is 26.2 Å².